The number of carbonyl (C=O) groups excluding carboxylic acids is 1. The molecule has 0 radical (unpaired) electrons. The van der Waals surface area contributed by atoms with Crippen LogP contribution in [0.2, 0.25) is 0 Å². The van der Waals surface area contributed by atoms with Gasteiger partial charge in [0.1, 0.15) is 12.4 Å². The monoisotopic (exact) mass is 445 g/mol. The third-order valence-corrected chi connectivity index (χ3v) is 6.55. The van der Waals surface area contributed by atoms with E-state index in [1.807, 2.05) is 0 Å². The van der Waals surface area contributed by atoms with E-state index in [1.165, 1.54) is 22.5 Å². The molecular formula is C19H19F4N3O3S. The summed E-state index contributed by atoms with van der Waals surface area (Å²) >= 11 is 0. The maximum absolute atomic E-state index is 13.9. The molecule has 1 fully saturated rings. The van der Waals surface area contributed by atoms with Crippen molar-refractivity contribution in [2.24, 2.45) is 0 Å². The normalized spacial score (nSPS) is 15.8. The number of piperazine rings is 1. The van der Waals surface area contributed by atoms with E-state index in [0.717, 1.165) is 12.1 Å². The number of para-hydroxylation sites is 1. The molecule has 0 atom stereocenters. The van der Waals surface area contributed by atoms with Crippen molar-refractivity contribution >= 4 is 21.6 Å². The van der Waals surface area contributed by atoms with Crippen molar-refractivity contribution in [1.29, 1.82) is 0 Å². The molecule has 2 aromatic rings. The van der Waals surface area contributed by atoms with Gasteiger partial charge in [0, 0.05) is 31.7 Å². The zero-order valence-electron chi connectivity index (χ0n) is 15.7. The van der Waals surface area contributed by atoms with Crippen LogP contribution in [0.4, 0.5) is 23.2 Å². The number of carbonyl (C=O) groups is 1. The van der Waals surface area contributed by atoms with Crippen LogP contribution < -0.4 is 10.2 Å². The molecule has 1 N–H and O–H groups in total. The number of hydrogen-bond donors (Lipinski definition) is 1. The highest BCUT2D eigenvalue weighted by atomic mass is 32.2. The van der Waals surface area contributed by atoms with Crippen LogP contribution in [0.15, 0.2) is 53.4 Å². The number of rotatable bonds is 5. The second kappa shape index (κ2) is 8.60. The summed E-state index contributed by atoms with van der Waals surface area (Å²) in [6.45, 7) is -0.580. The summed E-state index contributed by atoms with van der Waals surface area (Å²) in [5.74, 6) is -1.33. The fourth-order valence-corrected chi connectivity index (χ4v) is 4.51. The van der Waals surface area contributed by atoms with E-state index < -0.39 is 28.7 Å². The third-order valence-electron chi connectivity index (χ3n) is 4.64. The second-order valence-electron chi connectivity index (χ2n) is 6.66. The van der Waals surface area contributed by atoms with E-state index in [4.69, 9.17) is 0 Å². The number of nitrogens with one attached hydrogen (secondary N) is 1. The largest absolute Gasteiger partial charge is 0.405 e. The van der Waals surface area contributed by atoms with Gasteiger partial charge in [0.2, 0.25) is 10.0 Å². The van der Waals surface area contributed by atoms with E-state index in [9.17, 15) is 30.8 Å². The van der Waals surface area contributed by atoms with E-state index in [-0.39, 0.29) is 29.4 Å². The molecule has 0 saturated carbocycles. The fraction of sp³-hybridized carbons (Fsp3) is 0.316. The summed E-state index contributed by atoms with van der Waals surface area (Å²) in [6.07, 6.45) is -4.54. The summed E-state index contributed by atoms with van der Waals surface area (Å²) in [6, 6.07) is 10.9. The Morgan fingerprint density at radius 3 is 2.13 bits per heavy atom. The molecule has 2 aromatic carbocycles. The Balaban J connectivity index is 1.65. The molecule has 6 nitrogen and oxygen atoms in total. The molecule has 11 heteroatoms. The Morgan fingerprint density at radius 2 is 1.57 bits per heavy atom. The Bertz CT molecular complexity index is 1000. The minimum Gasteiger partial charge on any atom is -0.367 e. The van der Waals surface area contributed by atoms with Gasteiger partial charge < -0.3 is 10.2 Å². The van der Waals surface area contributed by atoms with Crippen LogP contribution in [0, 0.1) is 5.82 Å². The van der Waals surface area contributed by atoms with Gasteiger partial charge in [-0.15, -0.1) is 0 Å². The Hall–Kier alpha value is -2.66. The quantitative estimate of drug-likeness (QED) is 0.719. The first-order valence-electron chi connectivity index (χ1n) is 9.02. The fourth-order valence-electron chi connectivity index (χ4n) is 3.09. The minimum atomic E-state index is -4.54. The number of alkyl halides is 3. The van der Waals surface area contributed by atoms with Gasteiger partial charge in [-0.25, -0.2) is 12.8 Å². The first-order valence-corrected chi connectivity index (χ1v) is 10.5. The number of hydrogen-bond acceptors (Lipinski definition) is 4. The molecule has 0 bridgehead atoms. The van der Waals surface area contributed by atoms with Gasteiger partial charge in [0.25, 0.3) is 5.91 Å². The number of amides is 1. The van der Waals surface area contributed by atoms with Crippen molar-refractivity contribution in [3.05, 3.63) is 59.9 Å². The Labute approximate surface area is 171 Å². The zero-order valence-corrected chi connectivity index (χ0v) is 16.5. The SMILES string of the molecule is O=C(NCC(F)(F)F)c1ccc(S(=O)(=O)N2CCN(c3ccccc3F)CC2)cc1. The van der Waals surface area contributed by atoms with Crippen molar-refractivity contribution in [2.75, 3.05) is 37.6 Å². The standard InChI is InChI=1S/C19H19F4N3O3S/c20-16-3-1-2-4-17(16)25-9-11-26(12-10-25)30(28,29)15-7-5-14(6-8-15)18(27)24-13-19(21,22)23/h1-8H,9-13H2,(H,24,27). The number of nitrogens with zero attached hydrogens (tertiary/aromatic N) is 2. The summed E-state index contributed by atoms with van der Waals surface area (Å²) in [5.41, 5.74) is 0.325. The lowest BCUT2D eigenvalue weighted by Crippen LogP contribution is -2.48. The van der Waals surface area contributed by atoms with Gasteiger partial charge in [-0.05, 0) is 36.4 Å². The molecule has 30 heavy (non-hydrogen) atoms. The molecule has 1 saturated heterocycles. The summed E-state index contributed by atoms with van der Waals surface area (Å²) in [5, 5.41) is 1.73. The maximum Gasteiger partial charge on any atom is 0.405 e. The molecule has 0 aliphatic carbocycles. The molecule has 0 spiro atoms. The van der Waals surface area contributed by atoms with Gasteiger partial charge in [0.05, 0.1) is 10.6 Å². The van der Waals surface area contributed by atoms with Crippen molar-refractivity contribution in [1.82, 2.24) is 9.62 Å². The molecule has 0 unspecified atom stereocenters. The average molecular weight is 445 g/mol. The predicted octanol–water partition coefficient (Wildman–Crippen LogP) is 2.63. The zero-order chi connectivity index (χ0) is 21.9. The molecule has 1 heterocycles. The van der Waals surface area contributed by atoms with Crippen LogP contribution >= 0.6 is 0 Å². The molecule has 3 rings (SSSR count). The van der Waals surface area contributed by atoms with Crippen LogP contribution in [-0.2, 0) is 10.0 Å². The van der Waals surface area contributed by atoms with Gasteiger partial charge in [-0.1, -0.05) is 12.1 Å². The van der Waals surface area contributed by atoms with E-state index in [1.54, 1.807) is 28.4 Å². The first-order chi connectivity index (χ1) is 14.1. The molecular weight excluding hydrogens is 426 g/mol. The molecule has 162 valence electrons. The smallest absolute Gasteiger partial charge is 0.367 e. The highest BCUT2D eigenvalue weighted by molar-refractivity contribution is 7.89. The van der Waals surface area contributed by atoms with Crippen molar-refractivity contribution in [2.45, 2.75) is 11.1 Å². The number of sulfonamides is 1. The molecule has 1 aliphatic rings. The molecule has 1 amide bonds. The van der Waals surface area contributed by atoms with Crippen LogP contribution in [0.3, 0.4) is 0 Å². The van der Waals surface area contributed by atoms with Gasteiger partial charge in [-0.2, -0.15) is 17.5 Å². The van der Waals surface area contributed by atoms with Crippen LogP contribution in [0.25, 0.3) is 0 Å². The predicted molar refractivity (Wildman–Crippen MR) is 102 cm³/mol. The number of halogens is 4. The maximum atomic E-state index is 13.9. The van der Waals surface area contributed by atoms with Gasteiger partial charge in [-0.3, -0.25) is 4.79 Å². The number of anilines is 1. The Kier molecular flexibility index (Phi) is 6.32. The molecule has 0 aromatic heterocycles. The topological polar surface area (TPSA) is 69.7 Å². The average Bonchev–Trinajstić information content (AvgIpc) is 2.72. The lowest BCUT2D eigenvalue weighted by atomic mass is 10.2. The first kappa shape index (κ1) is 22.0. The second-order valence-corrected chi connectivity index (χ2v) is 8.60. The lowest BCUT2D eigenvalue weighted by Gasteiger charge is -2.35. The van der Waals surface area contributed by atoms with Crippen molar-refractivity contribution in [3.8, 4) is 0 Å². The molecule has 1 aliphatic heterocycles. The third kappa shape index (κ3) is 5.08. The lowest BCUT2D eigenvalue weighted by molar-refractivity contribution is -0.123. The number of benzene rings is 2. The summed E-state index contributed by atoms with van der Waals surface area (Å²) in [4.78, 5) is 13.4. The van der Waals surface area contributed by atoms with Gasteiger partial charge in [0.15, 0.2) is 0 Å². The van der Waals surface area contributed by atoms with Crippen molar-refractivity contribution in [3.63, 3.8) is 0 Å². The van der Waals surface area contributed by atoms with E-state index in [0.29, 0.717) is 18.8 Å². The summed E-state index contributed by atoms with van der Waals surface area (Å²) in [7, 11) is -3.85. The van der Waals surface area contributed by atoms with Crippen molar-refractivity contribution < 1.29 is 30.8 Å². The van der Waals surface area contributed by atoms with E-state index >= 15 is 0 Å². The highest BCUT2D eigenvalue weighted by Gasteiger charge is 2.30. The summed E-state index contributed by atoms with van der Waals surface area (Å²) < 4.78 is 77.4. The van der Waals surface area contributed by atoms with Gasteiger partial charge >= 0.3 is 6.18 Å². The Morgan fingerprint density at radius 1 is 0.967 bits per heavy atom. The highest BCUT2D eigenvalue weighted by Crippen LogP contribution is 2.23. The van der Waals surface area contributed by atoms with Crippen LogP contribution in [-0.4, -0.2) is 57.5 Å². The minimum absolute atomic E-state index is 0.0748. The van der Waals surface area contributed by atoms with E-state index in [2.05, 4.69) is 0 Å². The van der Waals surface area contributed by atoms with Crippen LogP contribution in [0.5, 0.6) is 0 Å². The van der Waals surface area contributed by atoms with Crippen LogP contribution in [0.1, 0.15) is 10.4 Å².